The van der Waals surface area contributed by atoms with Crippen LogP contribution in [-0.4, -0.2) is 66.4 Å². The van der Waals surface area contributed by atoms with Crippen molar-refractivity contribution in [3.8, 4) is 5.75 Å². The molecule has 2 N–H and O–H groups in total. The molecule has 8 heteroatoms. The van der Waals surface area contributed by atoms with Crippen LogP contribution in [0.4, 0.5) is 4.79 Å². The Morgan fingerprint density at radius 3 is 2.73 bits per heavy atom. The van der Waals surface area contributed by atoms with Crippen LogP contribution < -0.4 is 10.1 Å². The molecule has 0 spiro atoms. The lowest BCUT2D eigenvalue weighted by atomic mass is 10.1. The second kappa shape index (κ2) is 7.07. The monoisotopic (exact) mass is 358 g/mol. The fourth-order valence-electron chi connectivity index (χ4n) is 3.15. The van der Waals surface area contributed by atoms with Crippen molar-refractivity contribution in [2.45, 2.75) is 18.9 Å². The summed E-state index contributed by atoms with van der Waals surface area (Å²) in [7, 11) is 4.57. The lowest BCUT2D eigenvalue weighted by Gasteiger charge is -2.15. The van der Waals surface area contributed by atoms with Gasteiger partial charge in [-0.1, -0.05) is 0 Å². The Labute approximate surface area is 151 Å². The van der Waals surface area contributed by atoms with Crippen LogP contribution in [0.3, 0.4) is 0 Å². The van der Waals surface area contributed by atoms with Gasteiger partial charge in [-0.05, 0) is 30.2 Å². The van der Waals surface area contributed by atoms with Crippen LogP contribution in [0.15, 0.2) is 24.4 Å². The summed E-state index contributed by atoms with van der Waals surface area (Å²) in [5.74, 6) is 0.172. The van der Waals surface area contributed by atoms with Crippen LogP contribution in [0.5, 0.6) is 5.75 Å². The second-order valence-corrected chi connectivity index (χ2v) is 6.34. The maximum atomic E-state index is 12.1. The third-order valence-corrected chi connectivity index (χ3v) is 4.74. The molecular formula is C18H22N4O4. The zero-order valence-electron chi connectivity index (χ0n) is 15.0. The Kier molecular flexibility index (Phi) is 4.83. The highest BCUT2D eigenvalue weighted by Crippen LogP contribution is 2.23. The van der Waals surface area contributed by atoms with Crippen molar-refractivity contribution in [3.05, 3.63) is 30.0 Å². The predicted octanol–water partition coefficient (Wildman–Crippen LogP) is 1.12. The summed E-state index contributed by atoms with van der Waals surface area (Å²) in [5, 5.41) is 3.87. The molecule has 26 heavy (non-hydrogen) atoms. The van der Waals surface area contributed by atoms with E-state index in [1.807, 2.05) is 24.4 Å². The Bertz CT molecular complexity index is 860. The summed E-state index contributed by atoms with van der Waals surface area (Å²) in [6.45, 7) is 0.442. The van der Waals surface area contributed by atoms with Crippen LogP contribution in [-0.2, 0) is 16.0 Å². The van der Waals surface area contributed by atoms with Gasteiger partial charge in [0.2, 0.25) is 5.91 Å². The van der Waals surface area contributed by atoms with Crippen LogP contribution in [0, 0.1) is 0 Å². The maximum Gasteiger partial charge on any atom is 0.326 e. The van der Waals surface area contributed by atoms with Crippen molar-refractivity contribution < 1.29 is 19.1 Å². The van der Waals surface area contributed by atoms with Crippen LogP contribution in [0.25, 0.3) is 10.9 Å². The standard InChI is InChI=1S/C18H22N4O4/c1-21-15(17(24)22(2)18(21)25)9-16(23)19-7-6-11-10-20-14-5-4-12(26-3)8-13(11)14/h4-5,8,10,15,20H,6-7,9H2,1-3H3,(H,19,23)/t15-/m1/s1. The molecule has 1 aliphatic rings. The molecule has 1 aliphatic heterocycles. The SMILES string of the molecule is COc1ccc2[nH]cc(CCNC(=O)C[C@@H]3C(=O)N(C)C(=O)N3C)c2c1. The smallest absolute Gasteiger partial charge is 0.326 e. The first-order valence-electron chi connectivity index (χ1n) is 8.37. The number of aromatic amines is 1. The van der Waals surface area contributed by atoms with Crippen molar-refractivity contribution in [1.82, 2.24) is 20.1 Å². The number of ether oxygens (including phenoxy) is 1. The van der Waals surface area contributed by atoms with E-state index in [-0.39, 0.29) is 24.3 Å². The largest absolute Gasteiger partial charge is 0.497 e. The average molecular weight is 358 g/mol. The van der Waals surface area contributed by atoms with Crippen molar-refractivity contribution in [3.63, 3.8) is 0 Å². The number of H-pyrrole nitrogens is 1. The number of aromatic nitrogens is 1. The number of fused-ring (bicyclic) bond motifs is 1. The molecule has 0 unspecified atom stereocenters. The van der Waals surface area contributed by atoms with E-state index >= 15 is 0 Å². The maximum absolute atomic E-state index is 12.1. The van der Waals surface area contributed by atoms with E-state index in [0.717, 1.165) is 27.1 Å². The van der Waals surface area contributed by atoms with E-state index in [9.17, 15) is 14.4 Å². The van der Waals surface area contributed by atoms with E-state index in [2.05, 4.69) is 10.3 Å². The number of nitrogens with one attached hydrogen (secondary N) is 2. The topological polar surface area (TPSA) is 94.7 Å². The number of likely N-dealkylation sites (N-methyl/N-ethyl adjacent to an activating group) is 2. The lowest BCUT2D eigenvalue weighted by molar-refractivity contribution is -0.131. The number of benzene rings is 1. The number of urea groups is 1. The Hall–Kier alpha value is -3.03. The van der Waals surface area contributed by atoms with Gasteiger partial charge in [0, 0.05) is 37.7 Å². The van der Waals surface area contributed by atoms with Crippen molar-refractivity contribution in [1.29, 1.82) is 0 Å². The van der Waals surface area contributed by atoms with E-state index in [1.54, 1.807) is 7.11 Å². The molecule has 1 aromatic carbocycles. The van der Waals surface area contributed by atoms with Crippen LogP contribution >= 0.6 is 0 Å². The molecular weight excluding hydrogens is 336 g/mol. The molecule has 1 atom stereocenters. The van der Waals surface area contributed by atoms with Gasteiger partial charge in [0.05, 0.1) is 13.5 Å². The Morgan fingerprint density at radius 1 is 1.31 bits per heavy atom. The van der Waals surface area contributed by atoms with Gasteiger partial charge in [0.25, 0.3) is 5.91 Å². The molecule has 3 rings (SSSR count). The first-order valence-corrected chi connectivity index (χ1v) is 8.37. The number of methoxy groups -OCH3 is 1. The Morgan fingerprint density at radius 2 is 2.08 bits per heavy atom. The Balaban J connectivity index is 1.56. The quantitative estimate of drug-likeness (QED) is 0.757. The number of nitrogens with zero attached hydrogens (tertiary/aromatic N) is 2. The summed E-state index contributed by atoms with van der Waals surface area (Å²) in [6, 6.07) is 4.67. The van der Waals surface area contributed by atoms with Gasteiger partial charge < -0.3 is 19.9 Å². The molecule has 2 aromatic rings. The van der Waals surface area contributed by atoms with Crippen LogP contribution in [0.2, 0.25) is 0 Å². The van der Waals surface area contributed by atoms with Gasteiger partial charge in [-0.25, -0.2) is 4.79 Å². The summed E-state index contributed by atoms with van der Waals surface area (Å²) in [4.78, 5) is 41.4. The highest BCUT2D eigenvalue weighted by Gasteiger charge is 2.41. The van der Waals surface area contributed by atoms with Gasteiger partial charge in [0.15, 0.2) is 0 Å². The van der Waals surface area contributed by atoms with Gasteiger partial charge >= 0.3 is 6.03 Å². The van der Waals surface area contributed by atoms with E-state index < -0.39 is 6.04 Å². The molecule has 0 saturated carbocycles. The molecule has 138 valence electrons. The third-order valence-electron chi connectivity index (χ3n) is 4.74. The minimum absolute atomic E-state index is 0.0346. The van der Waals surface area contributed by atoms with E-state index in [0.29, 0.717) is 13.0 Å². The van der Waals surface area contributed by atoms with Gasteiger partial charge in [0.1, 0.15) is 11.8 Å². The number of hydrogen-bond acceptors (Lipinski definition) is 4. The molecule has 0 radical (unpaired) electrons. The summed E-state index contributed by atoms with van der Waals surface area (Å²) in [5.41, 5.74) is 2.08. The predicted molar refractivity (Wildman–Crippen MR) is 95.9 cm³/mol. The fourth-order valence-corrected chi connectivity index (χ4v) is 3.15. The van der Waals surface area contributed by atoms with Crippen molar-refractivity contribution in [2.75, 3.05) is 27.7 Å². The van der Waals surface area contributed by atoms with E-state index in [4.69, 9.17) is 4.74 Å². The zero-order valence-corrected chi connectivity index (χ0v) is 15.0. The molecule has 1 saturated heterocycles. The number of amides is 4. The first-order chi connectivity index (χ1) is 12.4. The summed E-state index contributed by atoms with van der Waals surface area (Å²) < 4.78 is 5.25. The summed E-state index contributed by atoms with van der Waals surface area (Å²) >= 11 is 0. The lowest BCUT2D eigenvalue weighted by Crippen LogP contribution is -2.37. The number of carbonyl (C=O) groups excluding carboxylic acids is 3. The highest BCUT2D eigenvalue weighted by atomic mass is 16.5. The van der Waals surface area contributed by atoms with Crippen LogP contribution in [0.1, 0.15) is 12.0 Å². The molecule has 1 fully saturated rings. The van der Waals surface area contributed by atoms with Gasteiger partial charge in [-0.3, -0.25) is 14.5 Å². The van der Waals surface area contributed by atoms with Gasteiger partial charge in [-0.2, -0.15) is 0 Å². The zero-order chi connectivity index (χ0) is 18.8. The highest BCUT2D eigenvalue weighted by molar-refractivity contribution is 6.05. The molecule has 8 nitrogen and oxygen atoms in total. The minimum atomic E-state index is -0.732. The molecule has 0 bridgehead atoms. The van der Waals surface area contributed by atoms with E-state index in [1.165, 1.54) is 19.0 Å². The number of rotatable bonds is 6. The number of carbonyl (C=O) groups is 3. The number of imide groups is 1. The molecule has 2 heterocycles. The summed E-state index contributed by atoms with van der Waals surface area (Å²) in [6.07, 6.45) is 2.53. The third kappa shape index (κ3) is 3.22. The second-order valence-electron chi connectivity index (χ2n) is 6.34. The van der Waals surface area contributed by atoms with Crippen molar-refractivity contribution >= 4 is 28.7 Å². The number of hydrogen-bond donors (Lipinski definition) is 2. The normalized spacial score (nSPS) is 17.3. The average Bonchev–Trinajstić information content (AvgIpc) is 3.12. The molecule has 1 aromatic heterocycles. The molecule has 0 aliphatic carbocycles. The molecule has 4 amide bonds. The van der Waals surface area contributed by atoms with Crippen molar-refractivity contribution in [2.24, 2.45) is 0 Å². The first kappa shape index (κ1) is 17.8. The minimum Gasteiger partial charge on any atom is -0.497 e. The van der Waals surface area contributed by atoms with Gasteiger partial charge in [-0.15, -0.1) is 0 Å². The fraction of sp³-hybridized carbons (Fsp3) is 0.389.